The van der Waals surface area contributed by atoms with Gasteiger partial charge in [0.25, 0.3) is 0 Å². The molecule has 1 aliphatic rings. The van der Waals surface area contributed by atoms with Gasteiger partial charge in [-0.1, -0.05) is 12.1 Å². The van der Waals surface area contributed by atoms with Gasteiger partial charge in [0, 0.05) is 26.8 Å². The van der Waals surface area contributed by atoms with Gasteiger partial charge in [-0.25, -0.2) is 9.97 Å². The number of carbonyl (C=O) groups excluding carboxylic acids is 1. The van der Waals surface area contributed by atoms with Crippen LogP contribution in [-0.4, -0.2) is 46.0 Å². The summed E-state index contributed by atoms with van der Waals surface area (Å²) < 4.78 is 1.94. The van der Waals surface area contributed by atoms with Crippen LogP contribution in [0.3, 0.4) is 0 Å². The first-order chi connectivity index (χ1) is 12.6. The maximum atomic E-state index is 13.0. The molecule has 6 heteroatoms. The molecule has 1 aromatic carbocycles. The number of imidazole rings is 1. The standard InChI is InChI=1S/C20H23N5O/c1-23(2)19-12-15(9-10-21-19)17-8-5-11-25(17)20(26)13-24-14-22-16-6-3-4-7-18(16)24/h3-4,6-7,9-10,12,14,17H,5,8,11,13H2,1-2H3/t17-/m0/s1. The lowest BCUT2D eigenvalue weighted by atomic mass is 10.1. The van der Waals surface area contributed by atoms with Crippen LogP contribution in [0.1, 0.15) is 24.4 Å². The van der Waals surface area contributed by atoms with Gasteiger partial charge >= 0.3 is 0 Å². The van der Waals surface area contributed by atoms with Gasteiger partial charge in [0.15, 0.2) is 0 Å². The molecule has 0 spiro atoms. The van der Waals surface area contributed by atoms with Gasteiger partial charge in [-0.3, -0.25) is 4.79 Å². The summed E-state index contributed by atoms with van der Waals surface area (Å²) in [6.45, 7) is 1.12. The minimum absolute atomic E-state index is 0.124. The number of hydrogen-bond donors (Lipinski definition) is 0. The third-order valence-corrected chi connectivity index (χ3v) is 5.02. The first kappa shape index (κ1) is 16.6. The van der Waals surface area contributed by atoms with E-state index < -0.39 is 0 Å². The van der Waals surface area contributed by atoms with Crippen molar-refractivity contribution >= 4 is 22.8 Å². The van der Waals surface area contributed by atoms with Crippen LogP contribution in [0.5, 0.6) is 0 Å². The molecule has 1 aliphatic heterocycles. The molecular formula is C20H23N5O. The number of para-hydroxylation sites is 2. The Kier molecular flexibility index (Phi) is 4.32. The normalized spacial score (nSPS) is 17.0. The SMILES string of the molecule is CN(C)c1cc([C@@H]2CCCN2C(=O)Cn2cnc3ccccc32)ccn1. The summed E-state index contributed by atoms with van der Waals surface area (Å²) in [5, 5.41) is 0. The number of nitrogens with zero attached hydrogens (tertiary/aromatic N) is 5. The molecule has 1 amide bonds. The molecule has 3 heterocycles. The molecule has 2 aromatic heterocycles. The Balaban J connectivity index is 1.56. The van der Waals surface area contributed by atoms with Gasteiger partial charge in [-0.15, -0.1) is 0 Å². The Bertz CT molecular complexity index is 933. The highest BCUT2D eigenvalue weighted by Crippen LogP contribution is 2.33. The van der Waals surface area contributed by atoms with Gasteiger partial charge in [0.1, 0.15) is 12.4 Å². The van der Waals surface area contributed by atoms with E-state index in [4.69, 9.17) is 0 Å². The van der Waals surface area contributed by atoms with E-state index >= 15 is 0 Å². The Hall–Kier alpha value is -2.89. The number of rotatable bonds is 4. The summed E-state index contributed by atoms with van der Waals surface area (Å²) in [5.74, 6) is 1.06. The van der Waals surface area contributed by atoms with E-state index in [1.807, 2.05) is 65.0 Å². The number of benzene rings is 1. The second-order valence-corrected chi connectivity index (χ2v) is 6.95. The molecule has 6 nitrogen and oxygen atoms in total. The number of aromatic nitrogens is 3. The number of anilines is 1. The van der Waals surface area contributed by atoms with Gasteiger partial charge in [-0.2, -0.15) is 0 Å². The van der Waals surface area contributed by atoms with E-state index in [-0.39, 0.29) is 11.9 Å². The minimum atomic E-state index is 0.124. The van der Waals surface area contributed by atoms with Crippen molar-refractivity contribution in [2.45, 2.75) is 25.4 Å². The van der Waals surface area contributed by atoms with Crippen LogP contribution in [0.4, 0.5) is 5.82 Å². The predicted octanol–water partition coefficient (Wildman–Crippen LogP) is 2.86. The largest absolute Gasteiger partial charge is 0.363 e. The van der Waals surface area contributed by atoms with Crippen LogP contribution in [0.15, 0.2) is 48.9 Å². The van der Waals surface area contributed by atoms with E-state index in [0.29, 0.717) is 6.54 Å². The van der Waals surface area contributed by atoms with Crippen molar-refractivity contribution in [3.8, 4) is 0 Å². The molecule has 0 radical (unpaired) electrons. The Morgan fingerprint density at radius 1 is 1.23 bits per heavy atom. The third kappa shape index (κ3) is 3.03. The van der Waals surface area contributed by atoms with Crippen LogP contribution in [0, 0.1) is 0 Å². The molecule has 1 fully saturated rings. The zero-order valence-electron chi connectivity index (χ0n) is 15.2. The second kappa shape index (κ2) is 6.78. The minimum Gasteiger partial charge on any atom is -0.363 e. The second-order valence-electron chi connectivity index (χ2n) is 6.95. The Morgan fingerprint density at radius 2 is 2.08 bits per heavy atom. The topological polar surface area (TPSA) is 54.3 Å². The molecule has 3 aromatic rings. The molecule has 1 atom stereocenters. The predicted molar refractivity (Wildman–Crippen MR) is 102 cm³/mol. The molecule has 1 saturated heterocycles. The maximum absolute atomic E-state index is 13.0. The van der Waals surface area contributed by atoms with Crippen molar-refractivity contribution in [2.24, 2.45) is 0 Å². The number of pyridine rings is 1. The fourth-order valence-corrected chi connectivity index (χ4v) is 3.67. The number of amides is 1. The first-order valence-corrected chi connectivity index (χ1v) is 8.96. The van der Waals surface area contributed by atoms with Crippen molar-refractivity contribution in [1.29, 1.82) is 0 Å². The molecule has 0 saturated carbocycles. The zero-order chi connectivity index (χ0) is 18.1. The fourth-order valence-electron chi connectivity index (χ4n) is 3.67. The van der Waals surface area contributed by atoms with E-state index in [1.165, 1.54) is 0 Å². The van der Waals surface area contributed by atoms with Crippen LogP contribution in [0.2, 0.25) is 0 Å². The van der Waals surface area contributed by atoms with Crippen molar-refractivity contribution in [3.63, 3.8) is 0 Å². The first-order valence-electron chi connectivity index (χ1n) is 8.96. The number of carbonyl (C=O) groups is 1. The van der Waals surface area contributed by atoms with Crippen molar-refractivity contribution in [2.75, 3.05) is 25.5 Å². The summed E-state index contributed by atoms with van der Waals surface area (Å²) in [6.07, 6.45) is 5.60. The molecule has 0 aliphatic carbocycles. The van der Waals surface area contributed by atoms with Crippen LogP contribution < -0.4 is 4.90 Å². The third-order valence-electron chi connectivity index (χ3n) is 5.02. The lowest BCUT2D eigenvalue weighted by Gasteiger charge is -2.26. The monoisotopic (exact) mass is 349 g/mol. The average molecular weight is 349 g/mol. The van der Waals surface area contributed by atoms with Gasteiger partial charge in [-0.05, 0) is 42.7 Å². The number of hydrogen-bond acceptors (Lipinski definition) is 4. The molecule has 134 valence electrons. The summed E-state index contributed by atoms with van der Waals surface area (Å²) in [5.41, 5.74) is 3.07. The fraction of sp³-hybridized carbons (Fsp3) is 0.350. The Labute approximate surface area is 153 Å². The molecule has 0 unspecified atom stereocenters. The number of fused-ring (bicyclic) bond motifs is 1. The van der Waals surface area contributed by atoms with Crippen LogP contribution >= 0.6 is 0 Å². The highest BCUT2D eigenvalue weighted by molar-refractivity contribution is 5.81. The Morgan fingerprint density at radius 3 is 2.92 bits per heavy atom. The average Bonchev–Trinajstić information content (AvgIpc) is 3.29. The van der Waals surface area contributed by atoms with Crippen molar-refractivity contribution in [1.82, 2.24) is 19.4 Å². The van der Waals surface area contributed by atoms with Crippen molar-refractivity contribution in [3.05, 3.63) is 54.5 Å². The summed E-state index contributed by atoms with van der Waals surface area (Å²) in [4.78, 5) is 25.8. The zero-order valence-corrected chi connectivity index (χ0v) is 15.2. The van der Waals surface area contributed by atoms with Crippen LogP contribution in [-0.2, 0) is 11.3 Å². The van der Waals surface area contributed by atoms with Crippen LogP contribution in [0.25, 0.3) is 11.0 Å². The molecule has 0 bridgehead atoms. The maximum Gasteiger partial charge on any atom is 0.243 e. The quantitative estimate of drug-likeness (QED) is 0.727. The van der Waals surface area contributed by atoms with Gasteiger partial charge in [0.2, 0.25) is 5.91 Å². The van der Waals surface area contributed by atoms with Gasteiger partial charge in [0.05, 0.1) is 23.4 Å². The smallest absolute Gasteiger partial charge is 0.243 e. The molecular weight excluding hydrogens is 326 g/mol. The summed E-state index contributed by atoms with van der Waals surface area (Å²) in [7, 11) is 3.96. The van der Waals surface area contributed by atoms with E-state index in [9.17, 15) is 4.79 Å². The lowest BCUT2D eigenvalue weighted by molar-refractivity contribution is -0.132. The van der Waals surface area contributed by atoms with E-state index in [2.05, 4.69) is 16.0 Å². The highest BCUT2D eigenvalue weighted by Gasteiger charge is 2.30. The molecule has 0 N–H and O–H groups in total. The highest BCUT2D eigenvalue weighted by atomic mass is 16.2. The van der Waals surface area contributed by atoms with Crippen molar-refractivity contribution < 1.29 is 4.79 Å². The molecule has 4 rings (SSSR count). The lowest BCUT2D eigenvalue weighted by Crippen LogP contribution is -2.33. The molecule has 26 heavy (non-hydrogen) atoms. The van der Waals surface area contributed by atoms with E-state index in [1.54, 1.807) is 6.33 Å². The van der Waals surface area contributed by atoms with E-state index in [0.717, 1.165) is 41.8 Å². The summed E-state index contributed by atoms with van der Waals surface area (Å²) in [6, 6.07) is 12.1. The number of likely N-dealkylation sites (tertiary alicyclic amines) is 1. The summed E-state index contributed by atoms with van der Waals surface area (Å²) >= 11 is 0. The van der Waals surface area contributed by atoms with Gasteiger partial charge < -0.3 is 14.4 Å².